The highest BCUT2D eigenvalue weighted by molar-refractivity contribution is 5.48. The normalized spacial score (nSPS) is 22.8. The summed E-state index contributed by atoms with van der Waals surface area (Å²) in [6, 6.07) is 7.39. The lowest BCUT2D eigenvalue weighted by Gasteiger charge is -2.19. The van der Waals surface area contributed by atoms with Crippen LogP contribution in [0, 0.1) is 0 Å². The van der Waals surface area contributed by atoms with E-state index in [1.165, 1.54) is 18.4 Å². The van der Waals surface area contributed by atoms with Gasteiger partial charge in [-0.2, -0.15) is 0 Å². The molecule has 0 bridgehead atoms. The van der Waals surface area contributed by atoms with Gasteiger partial charge in [0.25, 0.3) is 0 Å². The van der Waals surface area contributed by atoms with Crippen LogP contribution in [0.5, 0.6) is 11.5 Å². The molecular weight excluding hydrogens is 226 g/mol. The summed E-state index contributed by atoms with van der Waals surface area (Å²) in [6.07, 6.45) is 4.89. The Morgan fingerprint density at radius 1 is 1.33 bits per heavy atom. The molecule has 3 nitrogen and oxygen atoms in total. The van der Waals surface area contributed by atoms with Gasteiger partial charge in [-0.1, -0.05) is 12.1 Å². The summed E-state index contributed by atoms with van der Waals surface area (Å²) in [5.41, 5.74) is 1.27. The number of nitrogens with one attached hydrogen (secondary N) is 1. The molecular formula is C15H21NO2. The molecule has 1 heterocycles. The molecule has 3 rings (SSSR count). The lowest BCUT2D eigenvalue weighted by atomic mass is 10.0. The van der Waals surface area contributed by atoms with Gasteiger partial charge >= 0.3 is 0 Å². The van der Waals surface area contributed by atoms with E-state index in [-0.39, 0.29) is 0 Å². The maximum atomic E-state index is 5.90. The molecule has 0 amide bonds. The van der Waals surface area contributed by atoms with Crippen molar-refractivity contribution in [2.24, 2.45) is 0 Å². The van der Waals surface area contributed by atoms with Crippen molar-refractivity contribution in [3.8, 4) is 11.5 Å². The molecule has 0 radical (unpaired) electrons. The average molecular weight is 247 g/mol. The van der Waals surface area contributed by atoms with Gasteiger partial charge in [0.1, 0.15) is 0 Å². The maximum Gasteiger partial charge on any atom is 0.165 e. The number of rotatable bonds is 4. The predicted octanol–water partition coefficient (Wildman–Crippen LogP) is 3.05. The summed E-state index contributed by atoms with van der Waals surface area (Å²) < 4.78 is 11.6. The molecule has 1 aromatic rings. The van der Waals surface area contributed by atoms with Crippen molar-refractivity contribution in [3.05, 3.63) is 23.8 Å². The van der Waals surface area contributed by atoms with E-state index < -0.39 is 0 Å². The minimum absolute atomic E-state index is 0.426. The van der Waals surface area contributed by atoms with E-state index in [9.17, 15) is 0 Å². The van der Waals surface area contributed by atoms with Crippen LogP contribution in [0.4, 0.5) is 0 Å². The fourth-order valence-electron chi connectivity index (χ4n) is 2.56. The Morgan fingerprint density at radius 2 is 2.22 bits per heavy atom. The molecule has 3 heteroatoms. The molecule has 98 valence electrons. The van der Waals surface area contributed by atoms with Gasteiger partial charge in [-0.05, 0) is 38.7 Å². The molecule has 1 aromatic carbocycles. The number of para-hydroxylation sites is 1. The molecule has 1 fully saturated rings. The van der Waals surface area contributed by atoms with Crippen molar-refractivity contribution in [3.63, 3.8) is 0 Å². The van der Waals surface area contributed by atoms with Crippen LogP contribution in [0.2, 0.25) is 0 Å². The first kappa shape index (κ1) is 11.8. The fraction of sp³-hybridized carbons (Fsp3) is 0.600. The van der Waals surface area contributed by atoms with Crippen molar-refractivity contribution in [2.45, 2.75) is 44.7 Å². The van der Waals surface area contributed by atoms with Gasteiger partial charge in [0.15, 0.2) is 11.5 Å². The van der Waals surface area contributed by atoms with Gasteiger partial charge < -0.3 is 14.8 Å². The Hall–Kier alpha value is -1.22. The monoisotopic (exact) mass is 247 g/mol. The molecule has 0 aromatic heterocycles. The first-order valence-electron chi connectivity index (χ1n) is 7.03. The van der Waals surface area contributed by atoms with E-state index in [0.717, 1.165) is 37.0 Å². The van der Waals surface area contributed by atoms with Crippen LogP contribution >= 0.6 is 0 Å². The molecule has 1 saturated carbocycles. The van der Waals surface area contributed by atoms with Gasteiger partial charge in [-0.3, -0.25) is 0 Å². The quantitative estimate of drug-likeness (QED) is 0.887. The zero-order valence-corrected chi connectivity index (χ0v) is 10.9. The van der Waals surface area contributed by atoms with Crippen molar-refractivity contribution in [2.75, 3.05) is 13.2 Å². The molecule has 1 aliphatic carbocycles. The van der Waals surface area contributed by atoms with Crippen molar-refractivity contribution in [1.29, 1.82) is 0 Å². The van der Waals surface area contributed by atoms with E-state index in [1.807, 2.05) is 13.0 Å². The van der Waals surface area contributed by atoms with Gasteiger partial charge in [-0.25, -0.2) is 0 Å². The Labute approximate surface area is 108 Å². The highest BCUT2D eigenvalue weighted by Crippen LogP contribution is 2.40. The first-order chi connectivity index (χ1) is 8.88. The van der Waals surface area contributed by atoms with Crippen LogP contribution in [-0.2, 0) is 0 Å². The van der Waals surface area contributed by atoms with E-state index >= 15 is 0 Å². The molecule has 1 aliphatic heterocycles. The second-order valence-corrected chi connectivity index (χ2v) is 5.09. The second kappa shape index (κ2) is 5.19. The van der Waals surface area contributed by atoms with Gasteiger partial charge in [0.05, 0.1) is 13.2 Å². The van der Waals surface area contributed by atoms with Crippen LogP contribution in [0.1, 0.15) is 44.2 Å². The Kier molecular flexibility index (Phi) is 3.41. The Bertz CT molecular complexity index is 415. The second-order valence-electron chi connectivity index (χ2n) is 5.09. The van der Waals surface area contributed by atoms with Crippen molar-refractivity contribution in [1.82, 2.24) is 5.32 Å². The van der Waals surface area contributed by atoms with E-state index in [1.54, 1.807) is 0 Å². The lowest BCUT2D eigenvalue weighted by molar-refractivity contribution is 0.277. The molecule has 2 aliphatic rings. The predicted molar refractivity (Wildman–Crippen MR) is 71.2 cm³/mol. The fourth-order valence-corrected chi connectivity index (χ4v) is 2.56. The molecule has 18 heavy (non-hydrogen) atoms. The molecule has 1 unspecified atom stereocenters. The van der Waals surface area contributed by atoms with Gasteiger partial charge in [0.2, 0.25) is 0 Å². The largest absolute Gasteiger partial charge is 0.490 e. The van der Waals surface area contributed by atoms with E-state index in [4.69, 9.17) is 9.47 Å². The van der Waals surface area contributed by atoms with Crippen LogP contribution in [0.25, 0.3) is 0 Å². The van der Waals surface area contributed by atoms with Crippen LogP contribution < -0.4 is 14.8 Å². The smallest absolute Gasteiger partial charge is 0.165 e. The summed E-state index contributed by atoms with van der Waals surface area (Å²) in [4.78, 5) is 0. The summed E-state index contributed by atoms with van der Waals surface area (Å²) in [7, 11) is 0. The molecule has 1 N–H and O–H groups in total. The standard InChI is InChI=1S/C15H21NO2/c1-2-17-14-7-3-5-12-13(16-11-8-9-11)6-4-10-18-15(12)14/h3,5,7,11,13,16H,2,4,6,8-10H2,1H3. The maximum absolute atomic E-state index is 5.90. The third-order valence-electron chi connectivity index (χ3n) is 3.58. The number of fused-ring (bicyclic) bond motifs is 1. The highest BCUT2D eigenvalue weighted by atomic mass is 16.5. The minimum atomic E-state index is 0.426. The van der Waals surface area contributed by atoms with Crippen molar-refractivity contribution >= 4 is 0 Å². The Balaban J connectivity index is 1.90. The zero-order chi connectivity index (χ0) is 12.4. The number of ether oxygens (including phenoxy) is 2. The van der Waals surface area contributed by atoms with Crippen LogP contribution in [-0.4, -0.2) is 19.3 Å². The number of benzene rings is 1. The van der Waals surface area contributed by atoms with Crippen LogP contribution in [0.15, 0.2) is 18.2 Å². The van der Waals surface area contributed by atoms with E-state index in [2.05, 4.69) is 17.4 Å². The summed E-state index contributed by atoms with van der Waals surface area (Å²) in [5, 5.41) is 3.72. The molecule has 0 spiro atoms. The van der Waals surface area contributed by atoms with Crippen molar-refractivity contribution < 1.29 is 9.47 Å². The molecule has 1 atom stereocenters. The highest BCUT2D eigenvalue weighted by Gasteiger charge is 2.28. The third-order valence-corrected chi connectivity index (χ3v) is 3.58. The van der Waals surface area contributed by atoms with Gasteiger partial charge in [-0.15, -0.1) is 0 Å². The number of hydrogen-bond acceptors (Lipinski definition) is 3. The molecule has 0 saturated heterocycles. The summed E-state index contributed by atoms with van der Waals surface area (Å²) >= 11 is 0. The zero-order valence-electron chi connectivity index (χ0n) is 10.9. The van der Waals surface area contributed by atoms with E-state index in [0.29, 0.717) is 12.6 Å². The lowest BCUT2D eigenvalue weighted by Crippen LogP contribution is -2.23. The summed E-state index contributed by atoms with van der Waals surface area (Å²) in [5.74, 6) is 1.84. The first-order valence-corrected chi connectivity index (χ1v) is 7.03. The summed E-state index contributed by atoms with van der Waals surface area (Å²) in [6.45, 7) is 3.48. The van der Waals surface area contributed by atoms with Crippen LogP contribution in [0.3, 0.4) is 0 Å². The topological polar surface area (TPSA) is 30.5 Å². The number of hydrogen-bond donors (Lipinski definition) is 1. The average Bonchev–Trinajstić information content (AvgIpc) is 3.19. The Morgan fingerprint density at radius 3 is 3.00 bits per heavy atom. The van der Waals surface area contributed by atoms with Gasteiger partial charge in [0, 0.05) is 17.6 Å². The minimum Gasteiger partial charge on any atom is -0.490 e. The third kappa shape index (κ3) is 2.46. The SMILES string of the molecule is CCOc1cccc2c1OCCCC2NC1CC1.